The van der Waals surface area contributed by atoms with E-state index in [0.717, 1.165) is 36.6 Å². The van der Waals surface area contributed by atoms with Gasteiger partial charge in [0.25, 0.3) is 0 Å². The first-order valence-electron chi connectivity index (χ1n) is 9.80. The molecule has 3 rings (SSSR count). The lowest BCUT2D eigenvalue weighted by Gasteiger charge is -2.23. The summed E-state index contributed by atoms with van der Waals surface area (Å²) in [5, 5.41) is 7.04. The lowest BCUT2D eigenvalue weighted by molar-refractivity contribution is 0.405. The molecule has 0 aliphatic heterocycles. The van der Waals surface area contributed by atoms with E-state index < -0.39 is 0 Å². The Kier molecular flexibility index (Phi) is 6.83. The van der Waals surface area contributed by atoms with E-state index in [1.165, 1.54) is 32.1 Å². The number of benzene rings is 1. The fourth-order valence-electron chi connectivity index (χ4n) is 3.41. The quantitative estimate of drug-likeness (QED) is 0.695. The summed E-state index contributed by atoms with van der Waals surface area (Å²) in [6.07, 6.45) is 7.51. The summed E-state index contributed by atoms with van der Waals surface area (Å²) >= 11 is 0. The maximum Gasteiger partial charge on any atom is 0.225 e. The maximum atomic E-state index is 4.74. The van der Waals surface area contributed by atoms with Crippen LogP contribution >= 0.6 is 0 Å². The van der Waals surface area contributed by atoms with Gasteiger partial charge in [0.1, 0.15) is 5.82 Å². The summed E-state index contributed by atoms with van der Waals surface area (Å²) in [6.45, 7) is 1.93. The van der Waals surface area contributed by atoms with Crippen molar-refractivity contribution in [1.82, 2.24) is 14.9 Å². The SMILES string of the molecule is CN(C)CCCNc1nc(NC2CCCCC2)cc(-c2ccccc2)n1. The second-order valence-corrected chi connectivity index (χ2v) is 7.39. The highest BCUT2D eigenvalue weighted by Crippen LogP contribution is 2.25. The maximum absolute atomic E-state index is 4.74. The predicted molar refractivity (Wildman–Crippen MR) is 110 cm³/mol. The van der Waals surface area contributed by atoms with Gasteiger partial charge in [0, 0.05) is 24.2 Å². The number of anilines is 2. The lowest BCUT2D eigenvalue weighted by atomic mass is 9.95. The van der Waals surface area contributed by atoms with E-state index in [0.29, 0.717) is 12.0 Å². The van der Waals surface area contributed by atoms with Crippen LogP contribution in [0.15, 0.2) is 36.4 Å². The summed E-state index contributed by atoms with van der Waals surface area (Å²) in [7, 11) is 4.19. The molecule has 0 radical (unpaired) electrons. The Morgan fingerprint density at radius 3 is 2.54 bits per heavy atom. The Hall–Kier alpha value is -2.14. The third-order valence-corrected chi connectivity index (χ3v) is 4.82. The molecule has 0 spiro atoms. The molecule has 1 aliphatic carbocycles. The van der Waals surface area contributed by atoms with Crippen molar-refractivity contribution in [2.75, 3.05) is 37.8 Å². The monoisotopic (exact) mass is 353 g/mol. The van der Waals surface area contributed by atoms with Gasteiger partial charge in [-0.1, -0.05) is 49.6 Å². The second-order valence-electron chi connectivity index (χ2n) is 7.39. The number of hydrogen-bond acceptors (Lipinski definition) is 5. The van der Waals surface area contributed by atoms with Crippen LogP contribution in [0.1, 0.15) is 38.5 Å². The molecule has 0 atom stereocenters. The van der Waals surface area contributed by atoms with Crippen molar-refractivity contribution in [1.29, 1.82) is 0 Å². The number of hydrogen-bond donors (Lipinski definition) is 2. The van der Waals surface area contributed by atoms with E-state index in [1.54, 1.807) is 0 Å². The normalized spacial score (nSPS) is 15.2. The van der Waals surface area contributed by atoms with Gasteiger partial charge < -0.3 is 15.5 Å². The average molecular weight is 354 g/mol. The zero-order valence-electron chi connectivity index (χ0n) is 16.0. The summed E-state index contributed by atoms with van der Waals surface area (Å²) in [6, 6.07) is 12.9. The number of rotatable bonds is 8. The van der Waals surface area contributed by atoms with Crippen LogP contribution in [0.2, 0.25) is 0 Å². The van der Waals surface area contributed by atoms with Crippen molar-refractivity contribution < 1.29 is 0 Å². The number of nitrogens with one attached hydrogen (secondary N) is 2. The molecule has 140 valence electrons. The van der Waals surface area contributed by atoms with Gasteiger partial charge in [-0.15, -0.1) is 0 Å². The van der Waals surface area contributed by atoms with Crippen LogP contribution in [-0.4, -0.2) is 48.1 Å². The fourth-order valence-corrected chi connectivity index (χ4v) is 3.41. The first kappa shape index (κ1) is 18.6. The predicted octanol–water partition coefficient (Wildman–Crippen LogP) is 4.25. The molecule has 0 bridgehead atoms. The molecule has 2 N–H and O–H groups in total. The molecule has 5 nitrogen and oxygen atoms in total. The average Bonchev–Trinajstić information content (AvgIpc) is 2.66. The second kappa shape index (κ2) is 9.53. The fraction of sp³-hybridized carbons (Fsp3) is 0.524. The Morgan fingerprint density at radius 1 is 1.04 bits per heavy atom. The minimum Gasteiger partial charge on any atom is -0.367 e. The van der Waals surface area contributed by atoms with Crippen LogP contribution in [0.4, 0.5) is 11.8 Å². The summed E-state index contributed by atoms with van der Waals surface area (Å²) in [4.78, 5) is 11.7. The molecule has 0 unspecified atom stereocenters. The first-order valence-corrected chi connectivity index (χ1v) is 9.80. The largest absolute Gasteiger partial charge is 0.367 e. The van der Waals surface area contributed by atoms with Crippen LogP contribution in [0.5, 0.6) is 0 Å². The molecular formula is C21H31N5. The van der Waals surface area contributed by atoms with E-state index in [-0.39, 0.29) is 0 Å². The van der Waals surface area contributed by atoms with Crippen molar-refractivity contribution in [3.63, 3.8) is 0 Å². The van der Waals surface area contributed by atoms with Crippen LogP contribution in [0, 0.1) is 0 Å². The molecule has 1 aromatic heterocycles. The minimum atomic E-state index is 0.531. The van der Waals surface area contributed by atoms with Crippen molar-refractivity contribution >= 4 is 11.8 Å². The molecule has 1 aromatic carbocycles. The molecule has 26 heavy (non-hydrogen) atoms. The molecule has 0 amide bonds. The Balaban J connectivity index is 1.74. The zero-order valence-corrected chi connectivity index (χ0v) is 16.0. The molecule has 2 aromatic rings. The summed E-state index contributed by atoms with van der Waals surface area (Å²) < 4.78 is 0. The van der Waals surface area contributed by atoms with E-state index in [9.17, 15) is 0 Å². The first-order chi connectivity index (χ1) is 12.7. The van der Waals surface area contributed by atoms with Crippen molar-refractivity contribution in [2.24, 2.45) is 0 Å². The van der Waals surface area contributed by atoms with Crippen LogP contribution in [0.3, 0.4) is 0 Å². The van der Waals surface area contributed by atoms with Crippen LogP contribution < -0.4 is 10.6 Å². The Labute approximate surface area is 157 Å². The van der Waals surface area contributed by atoms with Crippen molar-refractivity contribution in [2.45, 2.75) is 44.6 Å². The summed E-state index contributed by atoms with van der Waals surface area (Å²) in [5.74, 6) is 1.64. The van der Waals surface area contributed by atoms with Crippen molar-refractivity contribution in [3.05, 3.63) is 36.4 Å². The number of nitrogens with zero attached hydrogens (tertiary/aromatic N) is 3. The van der Waals surface area contributed by atoms with Gasteiger partial charge >= 0.3 is 0 Å². The van der Waals surface area contributed by atoms with Gasteiger partial charge in [-0.3, -0.25) is 0 Å². The molecular weight excluding hydrogens is 322 g/mol. The highest BCUT2D eigenvalue weighted by atomic mass is 15.2. The van der Waals surface area contributed by atoms with Gasteiger partial charge in [0.2, 0.25) is 5.95 Å². The third kappa shape index (κ3) is 5.70. The Morgan fingerprint density at radius 2 is 1.81 bits per heavy atom. The van der Waals surface area contributed by atoms with E-state index >= 15 is 0 Å². The van der Waals surface area contributed by atoms with Gasteiger partial charge in [-0.05, 0) is 39.9 Å². The third-order valence-electron chi connectivity index (χ3n) is 4.82. The highest BCUT2D eigenvalue weighted by Gasteiger charge is 2.15. The highest BCUT2D eigenvalue weighted by molar-refractivity contribution is 5.64. The lowest BCUT2D eigenvalue weighted by Crippen LogP contribution is -2.23. The standard InChI is InChI=1S/C21H31N5/c1-26(2)15-9-14-22-21-24-19(17-10-5-3-6-11-17)16-20(25-21)23-18-12-7-4-8-13-18/h3,5-6,10-11,16,18H,4,7-9,12-15H2,1-2H3,(H2,22,23,24,25). The van der Waals surface area contributed by atoms with Gasteiger partial charge in [-0.2, -0.15) is 4.98 Å². The Bertz CT molecular complexity index is 665. The smallest absolute Gasteiger partial charge is 0.225 e. The van der Waals surface area contributed by atoms with Crippen molar-refractivity contribution in [3.8, 4) is 11.3 Å². The van der Waals surface area contributed by atoms with Gasteiger partial charge in [-0.25, -0.2) is 4.98 Å². The summed E-state index contributed by atoms with van der Waals surface area (Å²) in [5.41, 5.74) is 2.09. The molecule has 5 heteroatoms. The number of aromatic nitrogens is 2. The van der Waals surface area contributed by atoms with Crippen LogP contribution in [0.25, 0.3) is 11.3 Å². The molecule has 1 aliphatic rings. The van der Waals surface area contributed by atoms with Gasteiger partial charge in [0.15, 0.2) is 0 Å². The van der Waals surface area contributed by atoms with E-state index in [2.05, 4.69) is 60.0 Å². The van der Waals surface area contributed by atoms with Crippen LogP contribution in [-0.2, 0) is 0 Å². The molecule has 1 fully saturated rings. The molecule has 1 heterocycles. The molecule has 1 saturated carbocycles. The minimum absolute atomic E-state index is 0.531. The topological polar surface area (TPSA) is 53.1 Å². The molecule has 0 saturated heterocycles. The van der Waals surface area contributed by atoms with Gasteiger partial charge in [0.05, 0.1) is 5.69 Å². The van der Waals surface area contributed by atoms with E-state index in [4.69, 9.17) is 9.97 Å². The zero-order chi connectivity index (χ0) is 18.2. The van der Waals surface area contributed by atoms with E-state index in [1.807, 2.05) is 6.07 Å².